The number of halogens is 3. The molecule has 1 rings (SSSR count). The van der Waals surface area contributed by atoms with E-state index >= 15 is 0 Å². The zero-order valence-corrected chi connectivity index (χ0v) is 9.50. The van der Waals surface area contributed by atoms with Gasteiger partial charge in [0, 0.05) is 19.0 Å². The molecule has 1 unspecified atom stereocenters. The Morgan fingerprint density at radius 3 is 2.41 bits per heavy atom. The molecule has 2 nitrogen and oxygen atoms in total. The lowest BCUT2D eigenvalue weighted by molar-refractivity contribution is -0.135. The van der Waals surface area contributed by atoms with Crippen molar-refractivity contribution < 1.29 is 13.2 Å². The lowest BCUT2D eigenvalue weighted by atomic mass is 10.1. The maximum atomic E-state index is 11.9. The highest BCUT2D eigenvalue weighted by molar-refractivity contribution is 5.18. The fraction of sp³-hybridized carbons (Fsp3) is 0.500. The second kappa shape index (κ2) is 6.61. The Kier molecular flexibility index (Phi) is 5.44. The first-order valence-electron chi connectivity index (χ1n) is 5.57. The van der Waals surface area contributed by atoms with Crippen molar-refractivity contribution in [2.45, 2.75) is 25.1 Å². The largest absolute Gasteiger partial charge is 0.389 e. The van der Waals surface area contributed by atoms with E-state index in [0.717, 1.165) is 5.56 Å². The van der Waals surface area contributed by atoms with Gasteiger partial charge in [0.2, 0.25) is 0 Å². The number of alkyl halides is 3. The second-order valence-electron chi connectivity index (χ2n) is 3.94. The average Bonchev–Trinajstić information content (AvgIpc) is 2.28. The summed E-state index contributed by atoms with van der Waals surface area (Å²) in [5, 5.41) is 2.93. The minimum absolute atomic E-state index is 0.0883. The molecule has 0 saturated carbocycles. The van der Waals surface area contributed by atoms with E-state index in [1.54, 1.807) is 0 Å². The third-order valence-electron chi connectivity index (χ3n) is 2.41. The molecule has 0 aliphatic rings. The van der Waals surface area contributed by atoms with Gasteiger partial charge in [0.05, 0.1) is 0 Å². The number of nitrogens with two attached hydrogens (primary N) is 1. The Morgan fingerprint density at radius 1 is 1.18 bits per heavy atom. The maximum absolute atomic E-state index is 11.9. The van der Waals surface area contributed by atoms with Crippen molar-refractivity contribution in [2.75, 3.05) is 13.1 Å². The second-order valence-corrected chi connectivity index (χ2v) is 3.94. The molecule has 0 spiro atoms. The fourth-order valence-corrected chi connectivity index (χ4v) is 1.49. The molecule has 0 radical (unpaired) electrons. The summed E-state index contributed by atoms with van der Waals surface area (Å²) in [5.74, 6) is 0. The van der Waals surface area contributed by atoms with Crippen LogP contribution in [-0.2, 0) is 0 Å². The Hall–Kier alpha value is -1.07. The van der Waals surface area contributed by atoms with Crippen molar-refractivity contribution in [3.8, 4) is 0 Å². The molecule has 17 heavy (non-hydrogen) atoms. The van der Waals surface area contributed by atoms with Crippen LogP contribution in [0.5, 0.6) is 0 Å². The maximum Gasteiger partial charge on any atom is 0.389 e. The van der Waals surface area contributed by atoms with Gasteiger partial charge in [-0.2, -0.15) is 13.2 Å². The topological polar surface area (TPSA) is 38.0 Å². The third-order valence-corrected chi connectivity index (χ3v) is 2.41. The normalized spacial score (nSPS) is 13.6. The van der Waals surface area contributed by atoms with Crippen LogP contribution in [0, 0.1) is 0 Å². The molecule has 0 aliphatic heterocycles. The number of rotatable bonds is 6. The number of benzene rings is 1. The SMILES string of the molecule is NC(CNCCCC(F)(F)F)c1ccccc1. The van der Waals surface area contributed by atoms with Gasteiger partial charge < -0.3 is 11.1 Å². The highest BCUT2D eigenvalue weighted by Crippen LogP contribution is 2.20. The van der Waals surface area contributed by atoms with E-state index in [0.29, 0.717) is 13.1 Å². The highest BCUT2D eigenvalue weighted by Gasteiger charge is 2.25. The lowest BCUT2D eigenvalue weighted by Gasteiger charge is -2.13. The van der Waals surface area contributed by atoms with Crippen LogP contribution in [0.15, 0.2) is 30.3 Å². The van der Waals surface area contributed by atoms with Crippen molar-refractivity contribution >= 4 is 0 Å². The minimum Gasteiger partial charge on any atom is -0.323 e. The minimum atomic E-state index is -4.07. The smallest absolute Gasteiger partial charge is 0.323 e. The summed E-state index contributed by atoms with van der Waals surface area (Å²) in [6.45, 7) is 0.821. The van der Waals surface area contributed by atoms with Crippen LogP contribution in [0.3, 0.4) is 0 Å². The van der Waals surface area contributed by atoms with Crippen LogP contribution in [0.1, 0.15) is 24.4 Å². The van der Waals surface area contributed by atoms with Crippen molar-refractivity contribution in [3.05, 3.63) is 35.9 Å². The van der Waals surface area contributed by atoms with E-state index in [1.165, 1.54) is 0 Å². The molecule has 1 aromatic rings. The molecule has 0 saturated heterocycles. The molecule has 0 aliphatic carbocycles. The van der Waals surface area contributed by atoms with Gasteiger partial charge in [0.25, 0.3) is 0 Å². The van der Waals surface area contributed by atoms with Crippen molar-refractivity contribution in [2.24, 2.45) is 5.73 Å². The number of hydrogen-bond acceptors (Lipinski definition) is 2. The van der Waals surface area contributed by atoms with Gasteiger partial charge >= 0.3 is 6.18 Å². The molecule has 96 valence electrons. The Balaban J connectivity index is 2.15. The van der Waals surface area contributed by atoms with Crippen LogP contribution in [-0.4, -0.2) is 19.3 Å². The predicted molar refractivity (Wildman–Crippen MR) is 61.5 cm³/mol. The van der Waals surface area contributed by atoms with Gasteiger partial charge in [0.15, 0.2) is 0 Å². The Bertz CT molecular complexity index is 311. The average molecular weight is 246 g/mol. The molecular weight excluding hydrogens is 229 g/mol. The van der Waals surface area contributed by atoms with E-state index in [4.69, 9.17) is 5.73 Å². The van der Waals surface area contributed by atoms with Crippen LogP contribution < -0.4 is 11.1 Å². The molecule has 5 heteroatoms. The Morgan fingerprint density at radius 2 is 1.82 bits per heavy atom. The van der Waals surface area contributed by atoms with E-state index in [2.05, 4.69) is 5.32 Å². The van der Waals surface area contributed by atoms with E-state index in [-0.39, 0.29) is 12.5 Å². The zero-order chi connectivity index (χ0) is 12.7. The van der Waals surface area contributed by atoms with Gasteiger partial charge in [-0.05, 0) is 18.5 Å². The first-order chi connectivity index (χ1) is 7.99. The molecule has 0 fully saturated rings. The summed E-state index contributed by atoms with van der Waals surface area (Å²) in [5.41, 5.74) is 6.86. The summed E-state index contributed by atoms with van der Waals surface area (Å²) in [4.78, 5) is 0. The summed E-state index contributed by atoms with van der Waals surface area (Å²) in [6.07, 6.45) is -4.73. The van der Waals surface area contributed by atoms with Crippen molar-refractivity contribution in [1.29, 1.82) is 0 Å². The van der Waals surface area contributed by atoms with Gasteiger partial charge in [-0.25, -0.2) is 0 Å². The van der Waals surface area contributed by atoms with Gasteiger partial charge in [-0.1, -0.05) is 30.3 Å². The van der Waals surface area contributed by atoms with Gasteiger partial charge in [-0.15, -0.1) is 0 Å². The molecule has 0 bridgehead atoms. The predicted octanol–water partition coefficient (Wildman–Crippen LogP) is 2.62. The highest BCUT2D eigenvalue weighted by atomic mass is 19.4. The number of hydrogen-bond donors (Lipinski definition) is 2. The summed E-state index contributed by atoms with van der Waals surface area (Å²) in [7, 11) is 0. The summed E-state index contributed by atoms with van der Waals surface area (Å²) >= 11 is 0. The van der Waals surface area contributed by atoms with Crippen LogP contribution in [0.2, 0.25) is 0 Å². The summed E-state index contributed by atoms with van der Waals surface area (Å²) < 4.78 is 35.6. The molecule has 1 atom stereocenters. The first-order valence-corrected chi connectivity index (χ1v) is 5.57. The lowest BCUT2D eigenvalue weighted by Crippen LogP contribution is -2.28. The monoisotopic (exact) mass is 246 g/mol. The molecular formula is C12H17F3N2. The van der Waals surface area contributed by atoms with Crippen LogP contribution >= 0.6 is 0 Å². The zero-order valence-electron chi connectivity index (χ0n) is 9.50. The standard InChI is InChI=1S/C12H17F3N2/c13-12(14,15)7-4-8-17-9-11(16)10-5-2-1-3-6-10/h1-3,5-6,11,17H,4,7-9,16H2. The van der Waals surface area contributed by atoms with Crippen LogP contribution in [0.4, 0.5) is 13.2 Å². The third kappa shape index (κ3) is 6.28. The molecule has 0 aromatic heterocycles. The molecule has 0 amide bonds. The Labute approximate surface area is 99.0 Å². The summed E-state index contributed by atoms with van der Waals surface area (Å²) in [6, 6.07) is 9.30. The first kappa shape index (κ1) is 14.0. The van der Waals surface area contributed by atoms with E-state index < -0.39 is 12.6 Å². The number of nitrogens with one attached hydrogen (secondary N) is 1. The molecule has 3 N–H and O–H groups in total. The quantitative estimate of drug-likeness (QED) is 0.757. The van der Waals surface area contributed by atoms with Crippen LogP contribution in [0.25, 0.3) is 0 Å². The van der Waals surface area contributed by atoms with E-state index in [9.17, 15) is 13.2 Å². The van der Waals surface area contributed by atoms with Crippen molar-refractivity contribution in [3.63, 3.8) is 0 Å². The van der Waals surface area contributed by atoms with Gasteiger partial charge in [-0.3, -0.25) is 0 Å². The van der Waals surface area contributed by atoms with Gasteiger partial charge in [0.1, 0.15) is 0 Å². The molecule has 0 heterocycles. The van der Waals surface area contributed by atoms with E-state index in [1.807, 2.05) is 30.3 Å². The van der Waals surface area contributed by atoms with Crippen molar-refractivity contribution in [1.82, 2.24) is 5.32 Å². The molecule has 1 aromatic carbocycles. The fourth-order valence-electron chi connectivity index (χ4n) is 1.49.